The van der Waals surface area contributed by atoms with Crippen molar-refractivity contribution in [3.63, 3.8) is 0 Å². The summed E-state index contributed by atoms with van der Waals surface area (Å²) in [5.41, 5.74) is 13.4. The number of hydrogen-bond acceptors (Lipinski definition) is 5. The maximum atomic E-state index is 11.4. The SMILES string of the molecule is Nc1ccncc1CC(N)C1CCS(=O)(=O)C1. The molecule has 6 heteroatoms. The van der Waals surface area contributed by atoms with Crippen molar-refractivity contribution in [2.75, 3.05) is 17.2 Å². The molecule has 17 heavy (non-hydrogen) atoms. The number of hydrogen-bond donors (Lipinski definition) is 2. The summed E-state index contributed by atoms with van der Waals surface area (Å²) < 4.78 is 22.7. The van der Waals surface area contributed by atoms with Crippen LogP contribution in [0.4, 0.5) is 5.69 Å². The molecule has 1 aliphatic rings. The number of nitrogens with zero attached hydrogens (tertiary/aromatic N) is 1. The van der Waals surface area contributed by atoms with Gasteiger partial charge in [-0.05, 0) is 30.4 Å². The smallest absolute Gasteiger partial charge is 0.150 e. The van der Waals surface area contributed by atoms with Gasteiger partial charge in [-0.15, -0.1) is 0 Å². The molecular weight excluding hydrogens is 238 g/mol. The second kappa shape index (κ2) is 4.62. The van der Waals surface area contributed by atoms with Gasteiger partial charge < -0.3 is 11.5 Å². The van der Waals surface area contributed by atoms with Crippen LogP contribution < -0.4 is 11.5 Å². The molecule has 2 heterocycles. The molecule has 0 amide bonds. The van der Waals surface area contributed by atoms with Gasteiger partial charge in [0, 0.05) is 24.1 Å². The molecule has 1 aliphatic heterocycles. The molecule has 4 N–H and O–H groups in total. The number of nitrogen functional groups attached to an aromatic ring is 1. The standard InChI is InChI=1S/C11H17N3O2S/c12-10-1-3-14-6-9(10)5-11(13)8-2-4-17(15,16)7-8/h1,3,6,8,11H,2,4-5,7,13H2,(H2,12,14). The second-order valence-corrected chi connectivity index (χ2v) is 6.83. The predicted molar refractivity (Wildman–Crippen MR) is 67.1 cm³/mol. The Labute approximate surface area is 101 Å². The molecule has 5 nitrogen and oxygen atoms in total. The van der Waals surface area contributed by atoms with Crippen LogP contribution in [0.5, 0.6) is 0 Å². The van der Waals surface area contributed by atoms with Gasteiger partial charge in [0.15, 0.2) is 9.84 Å². The van der Waals surface area contributed by atoms with Gasteiger partial charge in [0.25, 0.3) is 0 Å². The zero-order valence-electron chi connectivity index (χ0n) is 9.54. The summed E-state index contributed by atoms with van der Waals surface area (Å²) in [5.74, 6) is 0.502. The van der Waals surface area contributed by atoms with E-state index >= 15 is 0 Å². The minimum atomic E-state index is -2.87. The molecule has 0 bridgehead atoms. The lowest BCUT2D eigenvalue weighted by Crippen LogP contribution is -2.33. The highest BCUT2D eigenvalue weighted by molar-refractivity contribution is 7.91. The van der Waals surface area contributed by atoms with Crippen molar-refractivity contribution < 1.29 is 8.42 Å². The van der Waals surface area contributed by atoms with E-state index in [0.29, 0.717) is 18.5 Å². The van der Waals surface area contributed by atoms with Gasteiger partial charge in [-0.2, -0.15) is 0 Å². The Bertz CT molecular complexity index is 501. The maximum absolute atomic E-state index is 11.4. The molecule has 0 spiro atoms. The molecule has 0 aromatic carbocycles. The van der Waals surface area contributed by atoms with Crippen LogP contribution in [0.3, 0.4) is 0 Å². The van der Waals surface area contributed by atoms with E-state index < -0.39 is 9.84 Å². The highest BCUT2D eigenvalue weighted by atomic mass is 32.2. The molecule has 1 aromatic rings. The molecule has 94 valence electrons. The Morgan fingerprint density at radius 3 is 2.88 bits per heavy atom. The van der Waals surface area contributed by atoms with Gasteiger partial charge in [-0.25, -0.2) is 8.42 Å². The van der Waals surface area contributed by atoms with Gasteiger partial charge >= 0.3 is 0 Å². The molecule has 1 saturated heterocycles. The van der Waals surface area contributed by atoms with Crippen molar-refractivity contribution >= 4 is 15.5 Å². The lowest BCUT2D eigenvalue weighted by molar-refractivity contribution is 0.461. The van der Waals surface area contributed by atoms with E-state index in [1.54, 1.807) is 18.5 Å². The first-order chi connectivity index (χ1) is 7.98. The minimum Gasteiger partial charge on any atom is -0.398 e. The molecule has 2 atom stereocenters. The van der Waals surface area contributed by atoms with Gasteiger partial charge in [-0.1, -0.05) is 0 Å². The first kappa shape index (κ1) is 12.3. The Balaban J connectivity index is 2.03. The molecular formula is C11H17N3O2S. The molecule has 1 aromatic heterocycles. The normalized spacial score (nSPS) is 24.6. The minimum absolute atomic E-state index is 0.0413. The number of aromatic nitrogens is 1. The molecule has 1 fully saturated rings. The summed E-state index contributed by atoms with van der Waals surface area (Å²) in [6.07, 6.45) is 4.56. The van der Waals surface area contributed by atoms with Crippen molar-refractivity contribution in [1.29, 1.82) is 0 Å². The van der Waals surface area contributed by atoms with Crippen molar-refractivity contribution in [1.82, 2.24) is 4.98 Å². The van der Waals surface area contributed by atoms with Gasteiger partial charge in [0.1, 0.15) is 0 Å². The third-order valence-corrected chi connectivity index (χ3v) is 5.06. The first-order valence-corrected chi connectivity index (χ1v) is 7.44. The Morgan fingerprint density at radius 2 is 2.29 bits per heavy atom. The number of pyridine rings is 1. The third kappa shape index (κ3) is 2.95. The molecule has 0 aliphatic carbocycles. The second-order valence-electron chi connectivity index (χ2n) is 4.61. The highest BCUT2D eigenvalue weighted by Crippen LogP contribution is 2.23. The van der Waals surface area contributed by atoms with Crippen LogP contribution in [0, 0.1) is 5.92 Å². The van der Waals surface area contributed by atoms with E-state index in [0.717, 1.165) is 5.56 Å². The van der Waals surface area contributed by atoms with Crippen LogP contribution in [0.25, 0.3) is 0 Å². The summed E-state index contributed by atoms with van der Waals surface area (Å²) in [6.45, 7) is 0. The summed E-state index contributed by atoms with van der Waals surface area (Å²) in [7, 11) is -2.87. The van der Waals surface area contributed by atoms with Gasteiger partial charge in [-0.3, -0.25) is 4.98 Å². The Morgan fingerprint density at radius 1 is 1.53 bits per heavy atom. The van der Waals surface area contributed by atoms with E-state index in [2.05, 4.69) is 4.98 Å². The summed E-state index contributed by atoms with van der Waals surface area (Å²) >= 11 is 0. The topological polar surface area (TPSA) is 99.1 Å². The quantitative estimate of drug-likeness (QED) is 0.790. The average molecular weight is 255 g/mol. The number of sulfone groups is 1. The van der Waals surface area contributed by atoms with Crippen LogP contribution in [0.15, 0.2) is 18.5 Å². The summed E-state index contributed by atoms with van der Waals surface area (Å²) in [6, 6.07) is 1.56. The van der Waals surface area contributed by atoms with E-state index in [9.17, 15) is 8.42 Å². The lowest BCUT2D eigenvalue weighted by atomic mass is 9.94. The lowest BCUT2D eigenvalue weighted by Gasteiger charge is -2.18. The van der Waals surface area contributed by atoms with E-state index in [1.165, 1.54) is 0 Å². The monoisotopic (exact) mass is 255 g/mol. The number of nitrogens with two attached hydrogens (primary N) is 2. The zero-order chi connectivity index (χ0) is 12.5. The number of anilines is 1. The fraction of sp³-hybridized carbons (Fsp3) is 0.545. The van der Waals surface area contributed by atoms with Crippen molar-refractivity contribution in [3.8, 4) is 0 Å². The van der Waals surface area contributed by atoms with Crippen molar-refractivity contribution in [3.05, 3.63) is 24.0 Å². The predicted octanol–water partition coefficient (Wildman–Crippen LogP) is -0.0317. The Kier molecular flexibility index (Phi) is 3.35. The van der Waals surface area contributed by atoms with Gasteiger partial charge in [0.05, 0.1) is 11.5 Å². The van der Waals surface area contributed by atoms with Crippen LogP contribution in [0.2, 0.25) is 0 Å². The molecule has 0 radical (unpaired) electrons. The van der Waals surface area contributed by atoms with Crippen LogP contribution in [0.1, 0.15) is 12.0 Å². The third-order valence-electron chi connectivity index (χ3n) is 3.27. The highest BCUT2D eigenvalue weighted by Gasteiger charge is 2.32. The molecule has 2 rings (SSSR count). The maximum Gasteiger partial charge on any atom is 0.150 e. The number of rotatable bonds is 3. The van der Waals surface area contributed by atoms with E-state index in [4.69, 9.17) is 11.5 Å². The van der Waals surface area contributed by atoms with Crippen LogP contribution >= 0.6 is 0 Å². The fourth-order valence-electron chi connectivity index (χ4n) is 2.19. The first-order valence-electron chi connectivity index (χ1n) is 5.62. The Hall–Kier alpha value is -1.14. The van der Waals surface area contributed by atoms with Crippen molar-refractivity contribution in [2.24, 2.45) is 11.7 Å². The van der Waals surface area contributed by atoms with E-state index in [-0.39, 0.29) is 23.5 Å². The summed E-state index contributed by atoms with van der Waals surface area (Å²) in [5, 5.41) is 0. The average Bonchev–Trinajstić information content (AvgIpc) is 2.62. The summed E-state index contributed by atoms with van der Waals surface area (Å²) in [4.78, 5) is 4.00. The zero-order valence-corrected chi connectivity index (χ0v) is 10.4. The van der Waals surface area contributed by atoms with Gasteiger partial charge in [0.2, 0.25) is 0 Å². The van der Waals surface area contributed by atoms with Crippen LogP contribution in [-0.2, 0) is 16.3 Å². The fourth-order valence-corrected chi connectivity index (χ4v) is 4.09. The van der Waals surface area contributed by atoms with Crippen molar-refractivity contribution in [2.45, 2.75) is 18.9 Å². The largest absolute Gasteiger partial charge is 0.398 e. The molecule has 0 saturated carbocycles. The molecule has 2 unspecified atom stereocenters. The van der Waals surface area contributed by atoms with E-state index in [1.807, 2.05) is 0 Å². The van der Waals surface area contributed by atoms with Crippen LogP contribution in [-0.4, -0.2) is 30.9 Å².